The maximum atomic E-state index is 13.2. The smallest absolute Gasteiger partial charge is 0.252 e. The Bertz CT molecular complexity index is 1190. The molecule has 5 rings (SSSR count). The Morgan fingerprint density at radius 2 is 1.85 bits per heavy atom. The maximum Gasteiger partial charge on any atom is 0.252 e. The van der Waals surface area contributed by atoms with Crippen molar-refractivity contribution in [3.8, 4) is 11.5 Å². The minimum atomic E-state index is -0.408. The third kappa shape index (κ3) is 4.80. The number of aromatic nitrogens is 1. The van der Waals surface area contributed by atoms with Crippen LogP contribution in [0.3, 0.4) is 0 Å². The van der Waals surface area contributed by atoms with Gasteiger partial charge in [0.25, 0.3) is 5.91 Å². The van der Waals surface area contributed by atoms with Crippen molar-refractivity contribution in [2.24, 2.45) is 0 Å². The summed E-state index contributed by atoms with van der Waals surface area (Å²) in [5, 5.41) is 7.40. The summed E-state index contributed by atoms with van der Waals surface area (Å²) in [7, 11) is 7.22. The number of benzene rings is 2. The lowest BCUT2D eigenvalue weighted by atomic mass is 9.97. The van der Waals surface area contributed by atoms with E-state index >= 15 is 0 Å². The molecule has 1 amide bonds. The molecule has 2 heterocycles. The molecule has 0 atom stereocenters. The van der Waals surface area contributed by atoms with E-state index < -0.39 is 5.54 Å². The summed E-state index contributed by atoms with van der Waals surface area (Å²) in [6, 6.07) is 11.6. The number of amides is 1. The monoisotopic (exact) mass is 462 g/mol. The highest BCUT2D eigenvalue weighted by Crippen LogP contribution is 2.49. The van der Waals surface area contributed by atoms with Crippen molar-refractivity contribution in [2.75, 3.05) is 46.7 Å². The molecule has 3 aromatic rings. The topological polar surface area (TPSA) is 75.7 Å². The summed E-state index contributed by atoms with van der Waals surface area (Å²) in [5.74, 6) is 1.27. The van der Waals surface area contributed by atoms with E-state index in [1.165, 1.54) is 19.5 Å². The normalized spacial score (nSPS) is 16.0. The SMILES string of the molecule is CN1CCC1.CNc1cc(C)c(C(=O)NC2(c3cc(OC)cc4ncccc34)CC2)cc1OC. The molecule has 1 aromatic heterocycles. The number of hydrogen-bond donors (Lipinski definition) is 2. The molecule has 180 valence electrons. The van der Waals surface area contributed by atoms with E-state index in [4.69, 9.17) is 9.47 Å². The van der Waals surface area contributed by atoms with Crippen molar-refractivity contribution in [1.82, 2.24) is 15.2 Å². The van der Waals surface area contributed by atoms with Crippen LogP contribution >= 0.6 is 0 Å². The fraction of sp³-hybridized carbons (Fsp3) is 0.407. The first-order valence-electron chi connectivity index (χ1n) is 11.7. The van der Waals surface area contributed by atoms with Crippen molar-refractivity contribution < 1.29 is 14.3 Å². The van der Waals surface area contributed by atoms with Crippen molar-refractivity contribution in [1.29, 1.82) is 0 Å². The number of carbonyl (C=O) groups excluding carboxylic acids is 1. The van der Waals surface area contributed by atoms with Gasteiger partial charge in [-0.1, -0.05) is 6.07 Å². The average Bonchev–Trinajstić information content (AvgIpc) is 3.62. The Kier molecular flexibility index (Phi) is 6.93. The summed E-state index contributed by atoms with van der Waals surface area (Å²) in [6.07, 6.45) is 4.93. The van der Waals surface area contributed by atoms with Crippen LogP contribution in [0.2, 0.25) is 0 Å². The number of pyridine rings is 1. The van der Waals surface area contributed by atoms with Crippen LogP contribution in [0.15, 0.2) is 42.6 Å². The van der Waals surface area contributed by atoms with Gasteiger partial charge in [-0.2, -0.15) is 0 Å². The van der Waals surface area contributed by atoms with Gasteiger partial charge in [0, 0.05) is 30.3 Å². The maximum absolute atomic E-state index is 13.2. The fourth-order valence-corrected chi connectivity index (χ4v) is 4.31. The number of anilines is 1. The van der Waals surface area contributed by atoms with Gasteiger partial charge in [0.15, 0.2) is 0 Å². The second-order valence-electron chi connectivity index (χ2n) is 9.06. The Morgan fingerprint density at radius 3 is 2.41 bits per heavy atom. The summed E-state index contributed by atoms with van der Waals surface area (Å²) < 4.78 is 10.9. The third-order valence-corrected chi connectivity index (χ3v) is 6.69. The predicted octanol–water partition coefficient (Wildman–Crippen LogP) is 4.34. The highest BCUT2D eigenvalue weighted by atomic mass is 16.5. The molecular formula is C27H34N4O3. The minimum Gasteiger partial charge on any atom is -0.497 e. The molecule has 1 saturated heterocycles. The Hall–Kier alpha value is -3.32. The molecule has 0 spiro atoms. The zero-order chi connectivity index (χ0) is 24.3. The van der Waals surface area contributed by atoms with Gasteiger partial charge >= 0.3 is 0 Å². The van der Waals surface area contributed by atoms with Crippen LogP contribution < -0.4 is 20.1 Å². The Morgan fingerprint density at radius 1 is 1.12 bits per heavy atom. The van der Waals surface area contributed by atoms with E-state index in [0.717, 1.165) is 46.3 Å². The first kappa shape index (κ1) is 23.8. The van der Waals surface area contributed by atoms with E-state index in [2.05, 4.69) is 27.6 Å². The zero-order valence-corrected chi connectivity index (χ0v) is 20.7. The molecule has 1 aliphatic heterocycles. The molecule has 0 unspecified atom stereocenters. The lowest BCUT2D eigenvalue weighted by Gasteiger charge is -2.24. The highest BCUT2D eigenvalue weighted by Gasteiger charge is 2.47. The third-order valence-electron chi connectivity index (χ3n) is 6.69. The molecule has 7 heteroatoms. The molecule has 2 N–H and O–H groups in total. The number of aryl methyl sites for hydroxylation is 1. The molecule has 34 heavy (non-hydrogen) atoms. The van der Waals surface area contributed by atoms with Crippen LogP contribution in [0.5, 0.6) is 11.5 Å². The van der Waals surface area contributed by atoms with Crippen LogP contribution in [0.4, 0.5) is 5.69 Å². The van der Waals surface area contributed by atoms with Crippen LogP contribution in [0, 0.1) is 6.92 Å². The minimum absolute atomic E-state index is 0.110. The molecular weight excluding hydrogens is 428 g/mol. The van der Waals surface area contributed by atoms with E-state index in [1.807, 2.05) is 44.3 Å². The standard InChI is InChI=1S/C23H25N3O3.C4H9N/c1-14-10-20(24-2)21(29-4)13-17(14)22(27)26-23(7-8-23)18-11-15(28-3)12-19-16(18)6-5-9-25-19;1-5-3-2-4-5/h5-6,9-13,24H,7-8H2,1-4H3,(H,26,27);2-4H2,1H3. The van der Waals surface area contributed by atoms with Crippen molar-refractivity contribution in [3.63, 3.8) is 0 Å². The van der Waals surface area contributed by atoms with E-state index in [1.54, 1.807) is 26.5 Å². The number of rotatable bonds is 6. The van der Waals surface area contributed by atoms with Gasteiger partial charge in [0.2, 0.25) is 0 Å². The number of fused-ring (bicyclic) bond motifs is 1. The van der Waals surface area contributed by atoms with Gasteiger partial charge in [-0.05, 0) is 81.7 Å². The lowest BCUT2D eigenvalue weighted by Crippen LogP contribution is -2.35. The van der Waals surface area contributed by atoms with Gasteiger partial charge in [-0.15, -0.1) is 0 Å². The van der Waals surface area contributed by atoms with Crippen LogP contribution in [0.1, 0.15) is 40.7 Å². The number of methoxy groups -OCH3 is 2. The van der Waals surface area contributed by atoms with Gasteiger partial charge in [-0.25, -0.2) is 0 Å². The number of carbonyl (C=O) groups is 1. The number of hydrogen-bond acceptors (Lipinski definition) is 6. The quantitative estimate of drug-likeness (QED) is 0.568. The second kappa shape index (κ2) is 9.89. The van der Waals surface area contributed by atoms with Crippen molar-refractivity contribution >= 4 is 22.5 Å². The molecule has 2 fully saturated rings. The Labute approximate surface area is 201 Å². The molecule has 2 aliphatic rings. The first-order chi connectivity index (χ1) is 16.4. The molecule has 7 nitrogen and oxygen atoms in total. The van der Waals surface area contributed by atoms with E-state index in [-0.39, 0.29) is 5.91 Å². The lowest BCUT2D eigenvalue weighted by molar-refractivity contribution is 0.0930. The number of nitrogens with one attached hydrogen (secondary N) is 2. The number of likely N-dealkylation sites (tertiary alicyclic amines) is 1. The molecule has 2 aromatic carbocycles. The number of ether oxygens (including phenoxy) is 2. The van der Waals surface area contributed by atoms with Crippen molar-refractivity contribution in [3.05, 3.63) is 59.3 Å². The zero-order valence-electron chi connectivity index (χ0n) is 20.7. The van der Waals surface area contributed by atoms with Gasteiger partial charge in [-0.3, -0.25) is 9.78 Å². The first-order valence-corrected chi connectivity index (χ1v) is 11.7. The average molecular weight is 463 g/mol. The van der Waals surface area contributed by atoms with Crippen LogP contribution in [-0.4, -0.2) is 57.2 Å². The van der Waals surface area contributed by atoms with Gasteiger partial charge in [0.05, 0.1) is 31.0 Å². The summed E-state index contributed by atoms with van der Waals surface area (Å²) in [5.41, 5.74) is 3.85. The van der Waals surface area contributed by atoms with Crippen LogP contribution in [0.25, 0.3) is 10.9 Å². The second-order valence-corrected chi connectivity index (χ2v) is 9.06. The van der Waals surface area contributed by atoms with Crippen molar-refractivity contribution in [2.45, 2.75) is 31.7 Å². The van der Waals surface area contributed by atoms with E-state index in [9.17, 15) is 4.79 Å². The molecule has 0 bridgehead atoms. The highest BCUT2D eigenvalue weighted by molar-refractivity contribution is 5.98. The number of nitrogens with zero attached hydrogens (tertiary/aromatic N) is 2. The van der Waals surface area contributed by atoms with Gasteiger partial charge < -0.3 is 25.0 Å². The summed E-state index contributed by atoms with van der Waals surface area (Å²) in [6.45, 7) is 4.57. The summed E-state index contributed by atoms with van der Waals surface area (Å²) >= 11 is 0. The van der Waals surface area contributed by atoms with E-state index in [0.29, 0.717) is 11.3 Å². The summed E-state index contributed by atoms with van der Waals surface area (Å²) in [4.78, 5) is 20.0. The molecule has 0 radical (unpaired) electrons. The Balaban J connectivity index is 0.000000486. The molecule has 1 saturated carbocycles. The van der Waals surface area contributed by atoms with Gasteiger partial charge in [0.1, 0.15) is 11.5 Å². The van der Waals surface area contributed by atoms with Crippen LogP contribution in [-0.2, 0) is 5.54 Å². The largest absolute Gasteiger partial charge is 0.497 e. The predicted molar refractivity (Wildman–Crippen MR) is 136 cm³/mol. The molecule has 1 aliphatic carbocycles. The fourth-order valence-electron chi connectivity index (χ4n) is 4.31.